The summed E-state index contributed by atoms with van der Waals surface area (Å²) in [6.07, 6.45) is 0. The minimum absolute atomic E-state index is 0.528. The minimum atomic E-state index is 0.528. The number of benzene rings is 1. The Bertz CT molecular complexity index is 574. The summed E-state index contributed by atoms with van der Waals surface area (Å²) in [5.41, 5.74) is 4.49. The molecule has 3 nitrogen and oxygen atoms in total. The van der Waals surface area contributed by atoms with Gasteiger partial charge in [0.05, 0.1) is 5.69 Å². The fourth-order valence-corrected chi connectivity index (χ4v) is 2.44. The number of halogens is 1. The van der Waals surface area contributed by atoms with Crippen LogP contribution in [0.25, 0.3) is 11.3 Å². The number of aryl methyl sites for hydroxylation is 1. The predicted molar refractivity (Wildman–Crippen MR) is 64.1 cm³/mol. The van der Waals surface area contributed by atoms with Crippen molar-refractivity contribution in [2.75, 3.05) is 7.05 Å². The molecule has 0 aliphatic carbocycles. The average molecular weight is 231 g/mol. The van der Waals surface area contributed by atoms with Gasteiger partial charge in [-0.05, 0) is 19.5 Å². The van der Waals surface area contributed by atoms with Crippen LogP contribution in [0.2, 0.25) is 0 Å². The highest BCUT2D eigenvalue weighted by atomic mass is 19.2. The number of hydrogen-bond acceptors (Lipinski definition) is 2. The van der Waals surface area contributed by atoms with E-state index < -0.39 is 0 Å². The van der Waals surface area contributed by atoms with Crippen molar-refractivity contribution < 1.29 is 4.48 Å². The van der Waals surface area contributed by atoms with Crippen LogP contribution in [0.15, 0.2) is 24.3 Å². The molecule has 0 bridgehead atoms. The van der Waals surface area contributed by atoms with Gasteiger partial charge in [0.1, 0.15) is 5.69 Å². The summed E-state index contributed by atoms with van der Waals surface area (Å²) < 4.78 is 13.9. The lowest BCUT2D eigenvalue weighted by atomic mass is 10.0. The molecule has 0 N–H and O–H groups in total. The number of hydrogen-bond donors (Lipinski definition) is 0. The van der Waals surface area contributed by atoms with E-state index in [-0.39, 0.29) is 0 Å². The maximum absolute atomic E-state index is 13.9. The van der Waals surface area contributed by atoms with Gasteiger partial charge in [-0.15, -0.1) is 5.10 Å². The van der Waals surface area contributed by atoms with Crippen LogP contribution in [0, 0.1) is 6.92 Å². The number of rotatable bonds is 1. The summed E-state index contributed by atoms with van der Waals surface area (Å²) in [5.74, 6) is 0. The van der Waals surface area contributed by atoms with Crippen LogP contribution in [0.3, 0.4) is 0 Å². The highest BCUT2D eigenvalue weighted by Gasteiger charge is 2.26. The lowest BCUT2D eigenvalue weighted by Gasteiger charge is -2.09. The first kappa shape index (κ1) is 10.5. The molecule has 1 aromatic heterocycles. The lowest BCUT2D eigenvalue weighted by Crippen LogP contribution is -2.10. The van der Waals surface area contributed by atoms with Gasteiger partial charge < -0.3 is 0 Å². The highest BCUT2D eigenvalue weighted by Crippen LogP contribution is 2.33. The van der Waals surface area contributed by atoms with E-state index in [2.05, 4.69) is 10.00 Å². The molecule has 1 aliphatic heterocycles. The van der Waals surface area contributed by atoms with Crippen molar-refractivity contribution in [1.29, 1.82) is 0 Å². The van der Waals surface area contributed by atoms with Crippen LogP contribution in [0.5, 0.6) is 0 Å². The van der Waals surface area contributed by atoms with Crippen molar-refractivity contribution in [3.63, 3.8) is 0 Å². The summed E-state index contributed by atoms with van der Waals surface area (Å²) in [5, 5.41) is 3.97. The summed E-state index contributed by atoms with van der Waals surface area (Å²) in [7, 11) is 2.02. The molecule has 0 fully saturated rings. The maximum Gasteiger partial charge on any atom is 0.109 e. The quantitative estimate of drug-likeness (QED) is 0.752. The molecule has 0 atom stereocenters. The number of nitrogens with zero attached hydrogens (tertiary/aromatic N) is 3. The molecule has 0 radical (unpaired) electrons. The molecule has 3 rings (SSSR count). The van der Waals surface area contributed by atoms with Crippen LogP contribution in [0.4, 0.5) is 4.48 Å². The molecule has 0 saturated heterocycles. The first-order valence-electron chi connectivity index (χ1n) is 5.68. The molecule has 0 spiro atoms. The van der Waals surface area contributed by atoms with Gasteiger partial charge in [0.25, 0.3) is 0 Å². The highest BCUT2D eigenvalue weighted by molar-refractivity contribution is 5.68. The van der Waals surface area contributed by atoms with Gasteiger partial charge in [0, 0.05) is 24.2 Å². The third-order valence-corrected chi connectivity index (χ3v) is 3.28. The zero-order chi connectivity index (χ0) is 12.0. The Balaban J connectivity index is 2.20. The molecule has 2 heterocycles. The van der Waals surface area contributed by atoms with Gasteiger partial charge in [-0.1, -0.05) is 33.7 Å². The van der Waals surface area contributed by atoms with E-state index in [1.807, 2.05) is 38.2 Å². The molecular weight excluding hydrogens is 217 g/mol. The second-order valence-corrected chi connectivity index (χ2v) is 4.62. The van der Waals surface area contributed by atoms with Crippen molar-refractivity contribution >= 4 is 0 Å². The van der Waals surface area contributed by atoms with Crippen molar-refractivity contribution in [2.24, 2.45) is 0 Å². The number of aromatic nitrogens is 2. The van der Waals surface area contributed by atoms with E-state index in [9.17, 15) is 4.48 Å². The van der Waals surface area contributed by atoms with Crippen LogP contribution < -0.4 is 0 Å². The molecule has 0 unspecified atom stereocenters. The van der Waals surface area contributed by atoms with E-state index in [4.69, 9.17) is 0 Å². The van der Waals surface area contributed by atoms with Crippen molar-refractivity contribution in [3.8, 4) is 11.3 Å². The minimum Gasteiger partial charge on any atom is -0.296 e. The van der Waals surface area contributed by atoms with Gasteiger partial charge in [-0.2, -0.15) is 0 Å². The smallest absolute Gasteiger partial charge is 0.109 e. The summed E-state index contributed by atoms with van der Waals surface area (Å²) in [6.45, 7) is 3.49. The van der Waals surface area contributed by atoms with Crippen LogP contribution in [-0.2, 0) is 13.1 Å². The second-order valence-electron chi connectivity index (χ2n) is 4.62. The Morgan fingerprint density at radius 1 is 1.24 bits per heavy atom. The van der Waals surface area contributed by atoms with Gasteiger partial charge in [0.2, 0.25) is 0 Å². The Morgan fingerprint density at radius 3 is 2.76 bits per heavy atom. The molecule has 88 valence electrons. The van der Waals surface area contributed by atoms with E-state index in [1.54, 1.807) is 0 Å². The van der Waals surface area contributed by atoms with E-state index >= 15 is 0 Å². The molecule has 0 amide bonds. The molecule has 2 aromatic rings. The molecule has 4 heteroatoms. The molecule has 1 aromatic carbocycles. The van der Waals surface area contributed by atoms with E-state index in [1.165, 1.54) is 0 Å². The Kier molecular flexibility index (Phi) is 2.26. The SMILES string of the molecule is Cc1ccccc1-c1c2c(nn1F)CN(C)C2. The second kappa shape index (κ2) is 3.67. The van der Waals surface area contributed by atoms with Crippen LogP contribution in [0.1, 0.15) is 16.8 Å². The Morgan fingerprint density at radius 2 is 2.00 bits per heavy atom. The van der Waals surface area contributed by atoms with Crippen molar-refractivity contribution in [2.45, 2.75) is 20.0 Å². The summed E-state index contributed by atoms with van der Waals surface area (Å²) in [6, 6.07) is 7.83. The Labute approximate surface area is 99.4 Å². The number of fused-ring (bicyclic) bond motifs is 1. The lowest BCUT2D eigenvalue weighted by molar-refractivity contribution is 0.298. The summed E-state index contributed by atoms with van der Waals surface area (Å²) in [4.78, 5) is 2.67. The van der Waals surface area contributed by atoms with Gasteiger partial charge >= 0.3 is 0 Å². The average Bonchev–Trinajstić information content (AvgIpc) is 2.75. The molecule has 0 saturated carbocycles. The third-order valence-electron chi connectivity index (χ3n) is 3.28. The standard InChI is InChI=1S/C13H14FN3/c1-9-5-3-4-6-10(9)13-11-7-16(2)8-12(11)15-17(13)14/h3-6H,7-8H2,1-2H3. The zero-order valence-corrected chi connectivity index (χ0v) is 9.94. The van der Waals surface area contributed by atoms with Crippen LogP contribution >= 0.6 is 0 Å². The third kappa shape index (κ3) is 1.56. The molecule has 17 heavy (non-hydrogen) atoms. The first-order chi connectivity index (χ1) is 8.16. The van der Waals surface area contributed by atoms with Gasteiger partial charge in [0.15, 0.2) is 0 Å². The van der Waals surface area contributed by atoms with Crippen molar-refractivity contribution in [3.05, 3.63) is 41.1 Å². The fourth-order valence-electron chi connectivity index (χ4n) is 2.44. The monoisotopic (exact) mass is 231 g/mol. The van der Waals surface area contributed by atoms with Gasteiger partial charge in [-0.25, -0.2) is 0 Å². The molecular formula is C13H14FN3. The zero-order valence-electron chi connectivity index (χ0n) is 9.94. The first-order valence-corrected chi connectivity index (χ1v) is 5.68. The maximum atomic E-state index is 13.9. The Hall–Kier alpha value is -1.68. The van der Waals surface area contributed by atoms with Crippen LogP contribution in [-0.4, -0.2) is 22.0 Å². The fraction of sp³-hybridized carbons (Fsp3) is 0.308. The van der Waals surface area contributed by atoms with Gasteiger partial charge in [-0.3, -0.25) is 4.90 Å². The topological polar surface area (TPSA) is 21.1 Å². The normalized spacial score (nSPS) is 15.2. The van der Waals surface area contributed by atoms with Crippen molar-refractivity contribution in [1.82, 2.24) is 14.9 Å². The van der Waals surface area contributed by atoms with E-state index in [0.717, 1.165) is 35.5 Å². The summed E-state index contributed by atoms with van der Waals surface area (Å²) >= 11 is 0. The largest absolute Gasteiger partial charge is 0.296 e. The van der Waals surface area contributed by atoms with E-state index in [0.29, 0.717) is 10.6 Å². The molecule has 1 aliphatic rings. The predicted octanol–water partition coefficient (Wildman–Crippen LogP) is 2.54.